The Labute approximate surface area is 200 Å². The molecule has 8 heteroatoms. The molecule has 5 aromatic rings. The number of H-pyrrole nitrogens is 1. The third-order valence-corrected chi connectivity index (χ3v) is 5.56. The quantitative estimate of drug-likeness (QED) is 0.177. The number of nitrogens with one attached hydrogen (secondary N) is 2. The van der Waals surface area contributed by atoms with Crippen LogP contribution < -0.4 is 11.1 Å². The molecule has 3 aromatic carbocycles. The van der Waals surface area contributed by atoms with Gasteiger partial charge in [0, 0.05) is 22.2 Å². The topological polar surface area (TPSA) is 109 Å². The van der Waals surface area contributed by atoms with E-state index in [1.54, 1.807) is 24.5 Å². The summed E-state index contributed by atoms with van der Waals surface area (Å²) in [5.74, 6) is 0.237. The second-order valence-corrected chi connectivity index (χ2v) is 7.98. The second kappa shape index (κ2) is 9.17. The van der Waals surface area contributed by atoms with Crippen molar-refractivity contribution in [1.82, 2.24) is 20.3 Å². The fraction of sp³-hybridized carbons (Fsp3) is 0. The standard InChI is InChI=1S/C26H19ClN6O/c27-19-10-8-16(9-11-19)23-14-30-25(33-23)20-6-3-7-21(28)24(20)31-15-32-26(34)22-12-17-4-1-2-5-18(17)13-29-22/h1-15H,28H2,(H,30,33)(H,31,32,34). The molecule has 0 fully saturated rings. The summed E-state index contributed by atoms with van der Waals surface area (Å²) in [5.41, 5.74) is 9.92. The predicted molar refractivity (Wildman–Crippen MR) is 136 cm³/mol. The van der Waals surface area contributed by atoms with Crippen LogP contribution in [0.4, 0.5) is 11.4 Å². The van der Waals surface area contributed by atoms with Gasteiger partial charge in [0.15, 0.2) is 0 Å². The summed E-state index contributed by atoms with van der Waals surface area (Å²) in [6, 6.07) is 22.3. The first-order chi connectivity index (χ1) is 16.6. The summed E-state index contributed by atoms with van der Waals surface area (Å²) in [6.45, 7) is 0. The molecule has 166 valence electrons. The van der Waals surface area contributed by atoms with Crippen LogP contribution in [0.2, 0.25) is 5.02 Å². The lowest BCUT2D eigenvalue weighted by molar-refractivity contribution is 0.0974. The average Bonchev–Trinajstić information content (AvgIpc) is 3.35. The first-order valence-electron chi connectivity index (χ1n) is 10.5. The minimum atomic E-state index is -0.367. The Morgan fingerprint density at radius 2 is 1.76 bits per heavy atom. The number of para-hydroxylation sites is 1. The number of imidazole rings is 1. The fourth-order valence-electron chi connectivity index (χ4n) is 3.57. The van der Waals surface area contributed by atoms with Gasteiger partial charge in [0.1, 0.15) is 11.5 Å². The van der Waals surface area contributed by atoms with Crippen LogP contribution in [0.3, 0.4) is 0 Å². The lowest BCUT2D eigenvalue weighted by atomic mass is 10.1. The van der Waals surface area contributed by atoms with Gasteiger partial charge in [-0.15, -0.1) is 0 Å². The Hall–Kier alpha value is -4.49. The Bertz CT molecular complexity index is 1520. The molecule has 0 bridgehead atoms. The van der Waals surface area contributed by atoms with E-state index in [4.69, 9.17) is 17.3 Å². The number of carbonyl (C=O) groups is 1. The minimum absolute atomic E-state index is 0.296. The van der Waals surface area contributed by atoms with Gasteiger partial charge in [-0.05, 0) is 41.3 Å². The van der Waals surface area contributed by atoms with Crippen molar-refractivity contribution >= 4 is 46.0 Å². The van der Waals surface area contributed by atoms with Gasteiger partial charge in [-0.25, -0.2) is 9.98 Å². The van der Waals surface area contributed by atoms with E-state index in [9.17, 15) is 4.79 Å². The molecule has 0 aliphatic rings. The van der Waals surface area contributed by atoms with Gasteiger partial charge in [0.2, 0.25) is 0 Å². The summed E-state index contributed by atoms with van der Waals surface area (Å²) < 4.78 is 0. The molecule has 0 saturated heterocycles. The van der Waals surface area contributed by atoms with E-state index in [2.05, 4.69) is 25.3 Å². The van der Waals surface area contributed by atoms with E-state index >= 15 is 0 Å². The number of nitrogen functional groups attached to an aromatic ring is 1. The molecular weight excluding hydrogens is 448 g/mol. The minimum Gasteiger partial charge on any atom is -0.397 e. The van der Waals surface area contributed by atoms with Crippen LogP contribution >= 0.6 is 11.6 Å². The highest BCUT2D eigenvalue weighted by Gasteiger charge is 2.12. The van der Waals surface area contributed by atoms with Crippen LogP contribution in [0.25, 0.3) is 33.4 Å². The number of fused-ring (bicyclic) bond motifs is 1. The maximum atomic E-state index is 12.6. The Morgan fingerprint density at radius 3 is 2.59 bits per heavy atom. The number of benzene rings is 3. The number of hydrogen-bond acceptors (Lipinski definition) is 5. The number of rotatable bonds is 5. The van der Waals surface area contributed by atoms with Gasteiger partial charge in [0.25, 0.3) is 5.91 Å². The first kappa shape index (κ1) is 21.4. The van der Waals surface area contributed by atoms with Crippen molar-refractivity contribution in [2.45, 2.75) is 0 Å². The van der Waals surface area contributed by atoms with Gasteiger partial charge in [-0.2, -0.15) is 0 Å². The molecule has 4 N–H and O–H groups in total. The molecule has 0 unspecified atom stereocenters. The number of aromatic nitrogens is 3. The Balaban J connectivity index is 1.38. The van der Waals surface area contributed by atoms with Gasteiger partial charge in [-0.3, -0.25) is 9.78 Å². The summed E-state index contributed by atoms with van der Waals surface area (Å²) in [7, 11) is 0. The zero-order valence-electron chi connectivity index (χ0n) is 17.9. The smallest absolute Gasteiger partial charge is 0.274 e. The molecule has 1 amide bonds. The first-order valence-corrected chi connectivity index (χ1v) is 10.8. The van der Waals surface area contributed by atoms with Gasteiger partial charge in [0.05, 0.1) is 29.6 Å². The fourth-order valence-corrected chi connectivity index (χ4v) is 3.69. The molecule has 0 atom stereocenters. The number of aliphatic imine (C=N–C) groups is 1. The zero-order valence-corrected chi connectivity index (χ0v) is 18.6. The number of aromatic amines is 1. The molecular formula is C26H19ClN6O. The third kappa shape index (κ3) is 4.37. The van der Waals surface area contributed by atoms with E-state index in [0.29, 0.717) is 33.5 Å². The summed E-state index contributed by atoms with van der Waals surface area (Å²) in [5, 5.41) is 5.22. The van der Waals surface area contributed by atoms with E-state index in [1.807, 2.05) is 60.7 Å². The molecule has 0 aliphatic carbocycles. The van der Waals surface area contributed by atoms with Crippen LogP contribution in [0.15, 0.2) is 90.2 Å². The molecule has 7 nitrogen and oxygen atoms in total. The average molecular weight is 467 g/mol. The SMILES string of the molecule is Nc1cccc(-c2ncc(-c3ccc(Cl)cc3)[nH]2)c1N=CNC(=O)c1cc2ccccc2cn1. The maximum absolute atomic E-state index is 12.6. The molecule has 2 heterocycles. The van der Waals surface area contributed by atoms with Gasteiger partial charge >= 0.3 is 0 Å². The molecule has 0 saturated carbocycles. The van der Waals surface area contributed by atoms with E-state index in [1.165, 1.54) is 6.34 Å². The lowest BCUT2D eigenvalue weighted by Gasteiger charge is -2.07. The molecule has 0 aliphatic heterocycles. The van der Waals surface area contributed by atoms with Crippen molar-refractivity contribution in [2.75, 3.05) is 5.73 Å². The highest BCUT2D eigenvalue weighted by atomic mass is 35.5. The molecule has 0 spiro atoms. The second-order valence-electron chi connectivity index (χ2n) is 7.54. The molecule has 5 rings (SSSR count). The molecule has 0 radical (unpaired) electrons. The maximum Gasteiger partial charge on any atom is 0.274 e. The summed E-state index contributed by atoms with van der Waals surface area (Å²) in [6.07, 6.45) is 4.73. The number of anilines is 1. The lowest BCUT2D eigenvalue weighted by Crippen LogP contribution is -2.22. The zero-order chi connectivity index (χ0) is 23.5. The number of hydrogen-bond donors (Lipinski definition) is 3. The third-order valence-electron chi connectivity index (χ3n) is 5.31. The van der Waals surface area contributed by atoms with Crippen molar-refractivity contribution in [3.05, 3.63) is 95.9 Å². The van der Waals surface area contributed by atoms with Crippen molar-refractivity contribution in [1.29, 1.82) is 0 Å². The summed E-state index contributed by atoms with van der Waals surface area (Å²) in [4.78, 5) is 29.0. The molecule has 2 aromatic heterocycles. The molecule has 34 heavy (non-hydrogen) atoms. The van der Waals surface area contributed by atoms with Gasteiger partial charge < -0.3 is 16.0 Å². The van der Waals surface area contributed by atoms with Crippen molar-refractivity contribution < 1.29 is 4.79 Å². The number of amides is 1. The Kier molecular flexibility index (Phi) is 5.76. The van der Waals surface area contributed by atoms with Gasteiger partial charge in [-0.1, -0.05) is 54.1 Å². The number of nitrogens with zero attached hydrogens (tertiary/aromatic N) is 3. The summed E-state index contributed by atoms with van der Waals surface area (Å²) >= 11 is 5.98. The number of halogens is 1. The van der Waals surface area contributed by atoms with E-state index in [0.717, 1.165) is 22.0 Å². The van der Waals surface area contributed by atoms with Crippen molar-refractivity contribution in [3.63, 3.8) is 0 Å². The number of carbonyl (C=O) groups excluding carboxylic acids is 1. The van der Waals surface area contributed by atoms with Crippen molar-refractivity contribution in [2.24, 2.45) is 4.99 Å². The van der Waals surface area contributed by atoms with Crippen LogP contribution in [-0.2, 0) is 0 Å². The van der Waals surface area contributed by atoms with Crippen LogP contribution in [0.1, 0.15) is 10.5 Å². The monoisotopic (exact) mass is 466 g/mol. The predicted octanol–water partition coefficient (Wildman–Crippen LogP) is 5.62. The number of nitrogens with two attached hydrogens (primary N) is 1. The van der Waals surface area contributed by atoms with Crippen LogP contribution in [-0.4, -0.2) is 27.2 Å². The van der Waals surface area contributed by atoms with E-state index < -0.39 is 0 Å². The highest BCUT2D eigenvalue weighted by molar-refractivity contribution is 6.30. The largest absolute Gasteiger partial charge is 0.397 e. The van der Waals surface area contributed by atoms with E-state index in [-0.39, 0.29) is 5.91 Å². The van der Waals surface area contributed by atoms with Crippen molar-refractivity contribution in [3.8, 4) is 22.6 Å². The highest BCUT2D eigenvalue weighted by Crippen LogP contribution is 2.34. The van der Waals surface area contributed by atoms with Crippen LogP contribution in [0, 0.1) is 0 Å². The normalized spacial score (nSPS) is 11.2. The Morgan fingerprint density at radius 1 is 0.971 bits per heavy atom. The van der Waals surface area contributed by atoms with Crippen LogP contribution in [0.5, 0.6) is 0 Å². The number of pyridine rings is 1.